The van der Waals surface area contributed by atoms with Crippen molar-refractivity contribution in [3.63, 3.8) is 0 Å². The molecule has 0 atom stereocenters. The summed E-state index contributed by atoms with van der Waals surface area (Å²) in [5.74, 6) is -1.15. The summed E-state index contributed by atoms with van der Waals surface area (Å²) in [6, 6.07) is 10.0. The van der Waals surface area contributed by atoms with Crippen molar-refractivity contribution in [2.45, 2.75) is 0 Å². The van der Waals surface area contributed by atoms with Gasteiger partial charge in [0, 0.05) is 35.1 Å². The summed E-state index contributed by atoms with van der Waals surface area (Å²) in [7, 11) is 0. The summed E-state index contributed by atoms with van der Waals surface area (Å²) < 4.78 is 0. The van der Waals surface area contributed by atoms with Crippen LogP contribution >= 0.6 is 0 Å². The van der Waals surface area contributed by atoms with E-state index >= 15 is 0 Å². The van der Waals surface area contributed by atoms with Gasteiger partial charge in [-0.25, -0.2) is 4.79 Å². The Morgan fingerprint density at radius 2 is 1.95 bits per heavy atom. The lowest BCUT2D eigenvalue weighted by Crippen LogP contribution is -2.09. The van der Waals surface area contributed by atoms with Crippen molar-refractivity contribution < 1.29 is 9.90 Å². The van der Waals surface area contributed by atoms with E-state index < -0.39 is 5.97 Å². The SMILES string of the molecule is O=C(O)c1cc(=O)cc(-c2ccc3cc[nH]c3c2)[nH]1. The molecule has 5 heteroatoms. The molecule has 3 rings (SSSR count). The zero-order chi connectivity index (χ0) is 13.4. The van der Waals surface area contributed by atoms with Crippen LogP contribution in [0.4, 0.5) is 0 Å². The summed E-state index contributed by atoms with van der Waals surface area (Å²) in [5.41, 5.74) is 1.72. The monoisotopic (exact) mass is 254 g/mol. The molecular formula is C14H10N2O3. The number of carboxylic acid groups (broad SMARTS) is 1. The highest BCUT2D eigenvalue weighted by Gasteiger charge is 2.08. The Bertz CT molecular complexity index is 830. The zero-order valence-corrected chi connectivity index (χ0v) is 9.81. The van der Waals surface area contributed by atoms with Gasteiger partial charge in [-0.1, -0.05) is 12.1 Å². The van der Waals surface area contributed by atoms with Crippen molar-refractivity contribution in [3.8, 4) is 11.3 Å². The van der Waals surface area contributed by atoms with Gasteiger partial charge in [0.2, 0.25) is 0 Å². The smallest absolute Gasteiger partial charge is 0.352 e. The van der Waals surface area contributed by atoms with Crippen LogP contribution in [0.25, 0.3) is 22.2 Å². The van der Waals surface area contributed by atoms with Gasteiger partial charge >= 0.3 is 5.97 Å². The van der Waals surface area contributed by atoms with Gasteiger partial charge in [0.15, 0.2) is 5.43 Å². The Hall–Kier alpha value is -2.82. The topological polar surface area (TPSA) is 85.9 Å². The van der Waals surface area contributed by atoms with Crippen molar-refractivity contribution in [2.24, 2.45) is 0 Å². The highest BCUT2D eigenvalue weighted by Crippen LogP contribution is 2.21. The second-order valence-corrected chi connectivity index (χ2v) is 4.23. The van der Waals surface area contributed by atoms with Gasteiger partial charge < -0.3 is 15.1 Å². The largest absolute Gasteiger partial charge is 0.477 e. The third kappa shape index (κ3) is 2.01. The van der Waals surface area contributed by atoms with Gasteiger partial charge in [-0.15, -0.1) is 0 Å². The lowest BCUT2D eigenvalue weighted by Gasteiger charge is -2.04. The fourth-order valence-electron chi connectivity index (χ4n) is 2.03. The van der Waals surface area contributed by atoms with E-state index in [4.69, 9.17) is 5.11 Å². The van der Waals surface area contributed by atoms with E-state index in [2.05, 4.69) is 9.97 Å². The Labute approximate surface area is 107 Å². The van der Waals surface area contributed by atoms with Crippen molar-refractivity contribution in [1.82, 2.24) is 9.97 Å². The fraction of sp³-hybridized carbons (Fsp3) is 0. The van der Waals surface area contributed by atoms with E-state index in [1.165, 1.54) is 6.07 Å². The second-order valence-electron chi connectivity index (χ2n) is 4.23. The van der Waals surface area contributed by atoms with E-state index in [1.807, 2.05) is 30.5 Å². The van der Waals surface area contributed by atoms with E-state index in [0.717, 1.165) is 22.5 Å². The number of aromatic amines is 2. The molecule has 0 fully saturated rings. The average molecular weight is 254 g/mol. The molecule has 0 aliphatic heterocycles. The number of fused-ring (bicyclic) bond motifs is 1. The summed E-state index contributed by atoms with van der Waals surface area (Å²) in [6.45, 7) is 0. The number of carboxylic acids is 1. The number of H-pyrrole nitrogens is 2. The number of carbonyl (C=O) groups is 1. The van der Waals surface area contributed by atoms with Gasteiger partial charge in [-0.3, -0.25) is 4.79 Å². The van der Waals surface area contributed by atoms with Crippen molar-refractivity contribution >= 4 is 16.9 Å². The Morgan fingerprint density at radius 3 is 2.74 bits per heavy atom. The van der Waals surface area contributed by atoms with Crippen molar-refractivity contribution in [1.29, 1.82) is 0 Å². The molecule has 3 aromatic rings. The Morgan fingerprint density at radius 1 is 1.11 bits per heavy atom. The first-order chi connectivity index (χ1) is 9.13. The quantitative estimate of drug-likeness (QED) is 0.655. The van der Waals surface area contributed by atoms with Crippen LogP contribution < -0.4 is 5.43 Å². The van der Waals surface area contributed by atoms with Gasteiger partial charge in [0.1, 0.15) is 5.69 Å². The normalized spacial score (nSPS) is 10.7. The van der Waals surface area contributed by atoms with E-state index in [1.54, 1.807) is 0 Å². The number of hydrogen-bond donors (Lipinski definition) is 3. The van der Waals surface area contributed by atoms with Gasteiger partial charge in [0.05, 0.1) is 0 Å². The molecule has 0 bridgehead atoms. The predicted molar refractivity (Wildman–Crippen MR) is 71.3 cm³/mol. The number of rotatable bonds is 2. The molecule has 3 N–H and O–H groups in total. The fourth-order valence-corrected chi connectivity index (χ4v) is 2.03. The molecule has 0 aliphatic rings. The van der Waals surface area contributed by atoms with Crippen molar-refractivity contribution in [3.05, 3.63) is 58.5 Å². The second kappa shape index (κ2) is 4.13. The standard InChI is InChI=1S/C14H10N2O3/c17-10-6-12(16-13(7-10)14(18)19)9-2-1-8-3-4-15-11(8)5-9/h1-7,15H,(H,16,17)(H,18,19). The summed E-state index contributed by atoms with van der Waals surface area (Å²) >= 11 is 0. The first kappa shape index (κ1) is 11.3. The minimum Gasteiger partial charge on any atom is -0.477 e. The summed E-state index contributed by atoms with van der Waals surface area (Å²) in [5, 5.41) is 10.00. The van der Waals surface area contributed by atoms with Gasteiger partial charge in [0.25, 0.3) is 0 Å². The molecule has 94 valence electrons. The van der Waals surface area contributed by atoms with Crippen LogP contribution in [0.5, 0.6) is 0 Å². The van der Waals surface area contributed by atoms with Crippen LogP contribution in [0.2, 0.25) is 0 Å². The van der Waals surface area contributed by atoms with Crippen LogP contribution in [0, 0.1) is 0 Å². The molecule has 0 radical (unpaired) electrons. The maximum Gasteiger partial charge on any atom is 0.352 e. The zero-order valence-electron chi connectivity index (χ0n) is 9.81. The van der Waals surface area contributed by atoms with Crippen LogP contribution in [0.3, 0.4) is 0 Å². The molecule has 2 heterocycles. The van der Waals surface area contributed by atoms with Crippen LogP contribution in [0.1, 0.15) is 10.5 Å². The average Bonchev–Trinajstić information content (AvgIpc) is 2.85. The van der Waals surface area contributed by atoms with Crippen molar-refractivity contribution in [2.75, 3.05) is 0 Å². The van der Waals surface area contributed by atoms with Gasteiger partial charge in [-0.2, -0.15) is 0 Å². The minimum absolute atomic E-state index is 0.117. The number of benzene rings is 1. The van der Waals surface area contributed by atoms with Crippen LogP contribution in [-0.2, 0) is 0 Å². The molecular weight excluding hydrogens is 244 g/mol. The molecule has 2 aromatic heterocycles. The molecule has 0 saturated heterocycles. The predicted octanol–water partition coefficient (Wildman–Crippen LogP) is 2.22. The third-order valence-corrected chi connectivity index (χ3v) is 2.94. The number of aromatic carboxylic acids is 1. The molecule has 0 saturated carbocycles. The first-order valence-corrected chi connectivity index (χ1v) is 5.69. The Kier molecular flexibility index (Phi) is 2.45. The Balaban J connectivity index is 2.19. The first-order valence-electron chi connectivity index (χ1n) is 5.69. The van der Waals surface area contributed by atoms with E-state index in [-0.39, 0.29) is 11.1 Å². The number of aromatic nitrogens is 2. The van der Waals surface area contributed by atoms with E-state index in [0.29, 0.717) is 5.69 Å². The molecule has 0 amide bonds. The number of nitrogens with one attached hydrogen (secondary N) is 2. The van der Waals surface area contributed by atoms with Gasteiger partial charge in [-0.05, 0) is 17.5 Å². The third-order valence-electron chi connectivity index (χ3n) is 2.94. The lowest BCUT2D eigenvalue weighted by atomic mass is 10.1. The van der Waals surface area contributed by atoms with Crippen LogP contribution in [-0.4, -0.2) is 21.0 Å². The lowest BCUT2D eigenvalue weighted by molar-refractivity contribution is 0.0690. The van der Waals surface area contributed by atoms with Crippen LogP contribution in [0.15, 0.2) is 47.4 Å². The number of hydrogen-bond acceptors (Lipinski definition) is 2. The maximum atomic E-state index is 11.5. The molecule has 1 aromatic carbocycles. The molecule has 0 unspecified atom stereocenters. The maximum absolute atomic E-state index is 11.5. The minimum atomic E-state index is -1.15. The molecule has 19 heavy (non-hydrogen) atoms. The molecule has 0 aliphatic carbocycles. The summed E-state index contributed by atoms with van der Waals surface area (Å²) in [6.07, 6.45) is 1.82. The summed E-state index contributed by atoms with van der Waals surface area (Å²) in [4.78, 5) is 28.3. The number of pyridine rings is 1. The highest BCUT2D eigenvalue weighted by molar-refractivity contribution is 5.87. The van der Waals surface area contributed by atoms with E-state index in [9.17, 15) is 9.59 Å². The molecule has 0 spiro atoms. The highest BCUT2D eigenvalue weighted by atomic mass is 16.4. The molecule has 5 nitrogen and oxygen atoms in total.